The van der Waals surface area contributed by atoms with Crippen LogP contribution < -0.4 is 0 Å². The zero-order chi connectivity index (χ0) is 18.8. The molecule has 1 atom stereocenters. The summed E-state index contributed by atoms with van der Waals surface area (Å²) in [6, 6.07) is 20.2. The zero-order valence-corrected chi connectivity index (χ0v) is 15.5. The van der Waals surface area contributed by atoms with E-state index >= 15 is 0 Å². The molecule has 136 valence electrons. The van der Waals surface area contributed by atoms with E-state index in [0.29, 0.717) is 13.1 Å². The highest BCUT2D eigenvalue weighted by Gasteiger charge is 2.43. The van der Waals surface area contributed by atoms with Crippen molar-refractivity contribution >= 4 is 11.6 Å². The molecule has 4 rings (SSSR count). The van der Waals surface area contributed by atoms with Gasteiger partial charge in [-0.15, -0.1) is 6.58 Å². The Labute approximate surface area is 160 Å². The molecule has 0 spiro atoms. The number of aliphatic imine (C=N–C) groups is 1. The molecule has 0 N–H and O–H groups in total. The van der Waals surface area contributed by atoms with Crippen LogP contribution in [0.15, 0.2) is 89.6 Å². The summed E-state index contributed by atoms with van der Waals surface area (Å²) < 4.78 is 0. The van der Waals surface area contributed by atoms with Crippen molar-refractivity contribution in [2.75, 3.05) is 26.7 Å². The van der Waals surface area contributed by atoms with E-state index in [1.807, 2.05) is 48.3 Å². The highest BCUT2D eigenvalue weighted by Crippen LogP contribution is 2.41. The molecule has 0 radical (unpaired) electrons. The van der Waals surface area contributed by atoms with Crippen LogP contribution >= 0.6 is 0 Å². The van der Waals surface area contributed by atoms with Crippen LogP contribution in [-0.4, -0.2) is 48.1 Å². The molecule has 0 saturated heterocycles. The van der Waals surface area contributed by atoms with Crippen LogP contribution in [0, 0.1) is 0 Å². The fourth-order valence-corrected chi connectivity index (χ4v) is 3.93. The number of carbonyl (C=O) groups is 1. The van der Waals surface area contributed by atoms with E-state index in [1.54, 1.807) is 6.08 Å². The minimum atomic E-state index is -0.161. The Hall–Kier alpha value is -3.14. The lowest BCUT2D eigenvalue weighted by Gasteiger charge is -2.27. The van der Waals surface area contributed by atoms with Gasteiger partial charge in [-0.3, -0.25) is 9.79 Å². The molecule has 0 saturated carbocycles. The molecule has 0 aromatic heterocycles. The SMILES string of the molecule is C=CCN1C(=O)C2=C(C(c3ccccc3)=NCCN2C)C1c1ccccc1. The van der Waals surface area contributed by atoms with Gasteiger partial charge in [-0.25, -0.2) is 0 Å². The summed E-state index contributed by atoms with van der Waals surface area (Å²) in [7, 11) is 1.98. The molecule has 2 aromatic rings. The number of rotatable bonds is 4. The number of hydrogen-bond acceptors (Lipinski definition) is 3. The Morgan fingerprint density at radius 1 is 1.11 bits per heavy atom. The Kier molecular flexibility index (Phi) is 4.63. The topological polar surface area (TPSA) is 35.9 Å². The second kappa shape index (κ2) is 7.23. The van der Waals surface area contributed by atoms with Gasteiger partial charge in [-0.2, -0.15) is 0 Å². The second-order valence-electron chi connectivity index (χ2n) is 6.84. The first-order valence-corrected chi connectivity index (χ1v) is 9.24. The number of hydrogen-bond donors (Lipinski definition) is 0. The van der Waals surface area contributed by atoms with E-state index < -0.39 is 0 Å². The smallest absolute Gasteiger partial charge is 0.271 e. The molecule has 2 aromatic carbocycles. The number of likely N-dealkylation sites (N-methyl/N-ethyl adjacent to an activating group) is 1. The maximum atomic E-state index is 13.4. The van der Waals surface area contributed by atoms with Gasteiger partial charge in [0.1, 0.15) is 5.70 Å². The minimum Gasteiger partial charge on any atom is -0.368 e. The van der Waals surface area contributed by atoms with Crippen LogP contribution in [-0.2, 0) is 4.79 Å². The van der Waals surface area contributed by atoms with Crippen LogP contribution in [0.2, 0.25) is 0 Å². The largest absolute Gasteiger partial charge is 0.368 e. The Morgan fingerprint density at radius 2 is 1.78 bits per heavy atom. The summed E-state index contributed by atoms with van der Waals surface area (Å²) in [6.45, 7) is 5.76. The molecule has 0 bridgehead atoms. The van der Waals surface area contributed by atoms with Crippen LogP contribution in [0.1, 0.15) is 17.2 Å². The molecule has 4 heteroatoms. The molecule has 2 aliphatic rings. The average Bonchev–Trinajstić information content (AvgIpc) is 2.87. The summed E-state index contributed by atoms with van der Waals surface area (Å²) in [5.74, 6) is 0.0479. The lowest BCUT2D eigenvalue weighted by Crippen LogP contribution is -2.34. The van der Waals surface area contributed by atoms with E-state index in [1.165, 1.54) is 0 Å². The van der Waals surface area contributed by atoms with Gasteiger partial charge in [0.05, 0.1) is 18.3 Å². The van der Waals surface area contributed by atoms with Crippen molar-refractivity contribution in [3.8, 4) is 0 Å². The quantitative estimate of drug-likeness (QED) is 0.786. The van der Waals surface area contributed by atoms with Gasteiger partial charge < -0.3 is 9.80 Å². The lowest BCUT2D eigenvalue weighted by molar-refractivity contribution is -0.127. The fraction of sp³-hybridized carbons (Fsp3) is 0.217. The van der Waals surface area contributed by atoms with Crippen molar-refractivity contribution in [3.05, 3.63) is 95.7 Å². The van der Waals surface area contributed by atoms with E-state index in [0.717, 1.165) is 34.7 Å². The van der Waals surface area contributed by atoms with E-state index in [-0.39, 0.29) is 11.9 Å². The van der Waals surface area contributed by atoms with Gasteiger partial charge >= 0.3 is 0 Å². The monoisotopic (exact) mass is 357 g/mol. The molecule has 27 heavy (non-hydrogen) atoms. The number of nitrogens with zero attached hydrogens (tertiary/aromatic N) is 3. The Morgan fingerprint density at radius 3 is 2.44 bits per heavy atom. The van der Waals surface area contributed by atoms with Crippen molar-refractivity contribution in [1.29, 1.82) is 0 Å². The average molecular weight is 357 g/mol. The maximum absolute atomic E-state index is 13.4. The van der Waals surface area contributed by atoms with Crippen LogP contribution in [0.25, 0.3) is 0 Å². The van der Waals surface area contributed by atoms with E-state index in [4.69, 9.17) is 4.99 Å². The summed E-state index contributed by atoms with van der Waals surface area (Å²) in [5.41, 5.74) is 4.82. The first-order chi connectivity index (χ1) is 13.2. The number of carbonyl (C=O) groups excluding carboxylic acids is 1. The van der Waals surface area contributed by atoms with Crippen LogP contribution in [0.4, 0.5) is 0 Å². The van der Waals surface area contributed by atoms with Crippen LogP contribution in [0.3, 0.4) is 0 Å². The van der Waals surface area contributed by atoms with Crippen molar-refractivity contribution in [2.45, 2.75) is 6.04 Å². The predicted octanol–water partition coefficient (Wildman–Crippen LogP) is 3.44. The molecule has 2 aliphatic heterocycles. The van der Waals surface area contributed by atoms with Crippen molar-refractivity contribution in [2.24, 2.45) is 4.99 Å². The number of amides is 1. The van der Waals surface area contributed by atoms with Gasteiger partial charge in [0, 0.05) is 31.3 Å². The molecule has 4 nitrogen and oxygen atoms in total. The third kappa shape index (κ3) is 2.97. The predicted molar refractivity (Wildman–Crippen MR) is 109 cm³/mol. The van der Waals surface area contributed by atoms with E-state index in [9.17, 15) is 4.79 Å². The standard InChI is InChI=1S/C23H23N3O/c1-3-15-26-21(18-12-8-5-9-13-18)19-20(17-10-6-4-7-11-17)24-14-16-25(2)22(19)23(26)27/h3-13,21H,1,14-16H2,2H3. The van der Waals surface area contributed by atoms with E-state index in [2.05, 4.69) is 35.7 Å². The summed E-state index contributed by atoms with van der Waals surface area (Å²) >= 11 is 0. The van der Waals surface area contributed by atoms with Gasteiger partial charge in [0.15, 0.2) is 0 Å². The molecule has 2 heterocycles. The highest BCUT2D eigenvalue weighted by molar-refractivity contribution is 6.19. The fourth-order valence-electron chi connectivity index (χ4n) is 3.93. The first-order valence-electron chi connectivity index (χ1n) is 9.24. The van der Waals surface area contributed by atoms with Crippen molar-refractivity contribution in [3.63, 3.8) is 0 Å². The second-order valence-corrected chi connectivity index (χ2v) is 6.84. The molecule has 1 amide bonds. The molecule has 0 aliphatic carbocycles. The molecule has 0 fully saturated rings. The van der Waals surface area contributed by atoms with Gasteiger partial charge in [0.25, 0.3) is 5.91 Å². The minimum absolute atomic E-state index is 0.0479. The van der Waals surface area contributed by atoms with Crippen LogP contribution in [0.5, 0.6) is 0 Å². The zero-order valence-electron chi connectivity index (χ0n) is 15.5. The summed E-state index contributed by atoms with van der Waals surface area (Å²) in [6.07, 6.45) is 1.79. The third-order valence-electron chi connectivity index (χ3n) is 5.13. The van der Waals surface area contributed by atoms with Gasteiger partial charge in [0.2, 0.25) is 0 Å². The van der Waals surface area contributed by atoms with Crippen molar-refractivity contribution < 1.29 is 4.79 Å². The Bertz CT molecular complexity index is 915. The van der Waals surface area contributed by atoms with Gasteiger partial charge in [-0.1, -0.05) is 66.7 Å². The maximum Gasteiger partial charge on any atom is 0.271 e. The summed E-state index contributed by atoms with van der Waals surface area (Å²) in [5, 5.41) is 0. The molecule has 1 unspecified atom stereocenters. The highest BCUT2D eigenvalue weighted by atomic mass is 16.2. The Balaban J connectivity index is 1.94. The summed E-state index contributed by atoms with van der Waals surface area (Å²) in [4.78, 5) is 22.2. The normalized spacial score (nSPS) is 19.7. The lowest BCUT2D eigenvalue weighted by atomic mass is 9.91. The number of benzene rings is 2. The molecular weight excluding hydrogens is 334 g/mol. The first kappa shape index (κ1) is 17.3. The molecular formula is C23H23N3O. The van der Waals surface area contributed by atoms with Crippen molar-refractivity contribution in [1.82, 2.24) is 9.80 Å². The third-order valence-corrected chi connectivity index (χ3v) is 5.13. The van der Waals surface area contributed by atoms with Gasteiger partial charge in [-0.05, 0) is 5.56 Å².